The molecule has 0 spiro atoms. The van der Waals surface area contributed by atoms with Crippen molar-refractivity contribution in [3.8, 4) is 0 Å². The van der Waals surface area contributed by atoms with Crippen LogP contribution in [-0.4, -0.2) is 9.97 Å². The summed E-state index contributed by atoms with van der Waals surface area (Å²) in [6.07, 6.45) is 4.40. The van der Waals surface area contributed by atoms with E-state index in [-0.39, 0.29) is 0 Å². The number of rotatable bonds is 3. The van der Waals surface area contributed by atoms with Crippen molar-refractivity contribution < 1.29 is 4.73 Å². The summed E-state index contributed by atoms with van der Waals surface area (Å²) in [6, 6.07) is 1.96. The summed E-state index contributed by atoms with van der Waals surface area (Å²) in [5, 5.41) is 11.6. The predicted octanol–water partition coefficient (Wildman–Crippen LogP) is 1.85. The van der Waals surface area contributed by atoms with Crippen molar-refractivity contribution >= 4 is 11.0 Å². The molecule has 0 bridgehead atoms. The number of hydrogen-bond acceptors (Lipinski definition) is 2. The van der Waals surface area contributed by atoms with Gasteiger partial charge in [0.2, 0.25) is 5.52 Å². The molecule has 15 heavy (non-hydrogen) atoms. The maximum absolute atomic E-state index is 11.6. The maximum atomic E-state index is 11.6. The second kappa shape index (κ2) is 3.88. The molecule has 0 atom stereocenters. The van der Waals surface area contributed by atoms with Gasteiger partial charge in [0.15, 0.2) is 0 Å². The van der Waals surface area contributed by atoms with Crippen molar-refractivity contribution in [1.82, 2.24) is 9.97 Å². The third-order valence-corrected chi connectivity index (χ3v) is 2.47. The van der Waals surface area contributed by atoms with Gasteiger partial charge >= 0.3 is 5.82 Å². The Balaban J connectivity index is 2.42. The molecule has 0 radical (unpaired) electrons. The van der Waals surface area contributed by atoms with Gasteiger partial charge in [-0.2, -0.15) is 0 Å². The first-order chi connectivity index (χ1) is 7.20. The fraction of sp³-hybridized carbons (Fsp3) is 0.455. The fourth-order valence-electron chi connectivity index (χ4n) is 1.67. The number of H-pyrrole nitrogens is 1. The topological polar surface area (TPSA) is 55.6 Å². The lowest BCUT2D eigenvalue weighted by Gasteiger charge is -2.04. The monoisotopic (exact) mass is 205 g/mol. The average molecular weight is 205 g/mol. The van der Waals surface area contributed by atoms with Crippen molar-refractivity contribution in [2.45, 2.75) is 33.1 Å². The van der Waals surface area contributed by atoms with E-state index in [1.165, 1.54) is 0 Å². The molecular formula is C11H15N3O. The van der Waals surface area contributed by atoms with Crippen LogP contribution in [0.5, 0.6) is 0 Å². The fourth-order valence-corrected chi connectivity index (χ4v) is 1.67. The number of unbranched alkanes of at least 4 members (excludes halogenated alkanes) is 1. The van der Waals surface area contributed by atoms with Crippen LogP contribution in [0, 0.1) is 12.1 Å². The van der Waals surface area contributed by atoms with Crippen LogP contribution in [0.3, 0.4) is 0 Å². The number of hydrogen-bond donors (Lipinski definition) is 1. The number of nitrogens with zero attached hydrogens (tertiary/aromatic N) is 2. The van der Waals surface area contributed by atoms with E-state index in [0.29, 0.717) is 5.82 Å². The molecule has 0 saturated carbocycles. The van der Waals surface area contributed by atoms with Crippen LogP contribution in [0.25, 0.3) is 11.0 Å². The second-order valence-corrected chi connectivity index (χ2v) is 3.84. The zero-order valence-corrected chi connectivity index (χ0v) is 9.08. The SMILES string of the molecule is CCCCc1nc2cc(C)[nH]c2c[n+]1[O-]. The lowest BCUT2D eigenvalue weighted by atomic mass is 10.2. The van der Waals surface area contributed by atoms with Crippen LogP contribution in [0.15, 0.2) is 12.3 Å². The Kier molecular flexibility index (Phi) is 2.58. The summed E-state index contributed by atoms with van der Waals surface area (Å²) in [7, 11) is 0. The molecule has 0 saturated heterocycles. The first-order valence-electron chi connectivity index (χ1n) is 5.29. The zero-order chi connectivity index (χ0) is 10.8. The zero-order valence-electron chi connectivity index (χ0n) is 9.08. The van der Waals surface area contributed by atoms with E-state index in [1.807, 2.05) is 13.0 Å². The van der Waals surface area contributed by atoms with Crippen LogP contribution in [-0.2, 0) is 6.42 Å². The van der Waals surface area contributed by atoms with Crippen LogP contribution < -0.4 is 4.73 Å². The van der Waals surface area contributed by atoms with Gasteiger partial charge in [-0.3, -0.25) is 0 Å². The molecule has 0 aromatic carbocycles. The lowest BCUT2D eigenvalue weighted by Crippen LogP contribution is -2.32. The summed E-state index contributed by atoms with van der Waals surface area (Å²) in [5.41, 5.74) is 2.72. The van der Waals surface area contributed by atoms with Crippen LogP contribution in [0.2, 0.25) is 0 Å². The predicted molar refractivity (Wildman–Crippen MR) is 58.4 cm³/mol. The van der Waals surface area contributed by atoms with Gasteiger partial charge in [0, 0.05) is 11.8 Å². The number of nitrogens with one attached hydrogen (secondary N) is 1. The summed E-state index contributed by atoms with van der Waals surface area (Å²) < 4.78 is 0.869. The van der Waals surface area contributed by atoms with E-state index in [1.54, 1.807) is 6.20 Å². The molecule has 80 valence electrons. The number of aryl methyl sites for hydroxylation is 2. The largest absolute Gasteiger partial charge is 0.711 e. The highest BCUT2D eigenvalue weighted by molar-refractivity contribution is 5.74. The van der Waals surface area contributed by atoms with Gasteiger partial charge in [-0.25, -0.2) is 4.73 Å². The van der Waals surface area contributed by atoms with Crippen LogP contribution >= 0.6 is 0 Å². The summed E-state index contributed by atoms with van der Waals surface area (Å²) in [5.74, 6) is 0.614. The van der Waals surface area contributed by atoms with Crippen LogP contribution in [0.1, 0.15) is 31.3 Å². The molecule has 2 aromatic rings. The van der Waals surface area contributed by atoms with Gasteiger partial charge in [0.1, 0.15) is 11.7 Å². The Labute approximate surface area is 88.5 Å². The summed E-state index contributed by atoms with van der Waals surface area (Å²) >= 11 is 0. The summed E-state index contributed by atoms with van der Waals surface area (Å²) in [4.78, 5) is 7.45. The molecule has 4 nitrogen and oxygen atoms in total. The van der Waals surface area contributed by atoms with Crippen molar-refractivity contribution in [3.05, 3.63) is 29.0 Å². The average Bonchev–Trinajstić information content (AvgIpc) is 2.53. The van der Waals surface area contributed by atoms with Gasteiger partial charge in [-0.05, 0) is 18.3 Å². The molecule has 4 heteroatoms. The van der Waals surface area contributed by atoms with Gasteiger partial charge < -0.3 is 10.2 Å². The third-order valence-electron chi connectivity index (χ3n) is 2.47. The maximum Gasteiger partial charge on any atom is 0.302 e. The molecule has 2 heterocycles. The first-order valence-corrected chi connectivity index (χ1v) is 5.29. The smallest absolute Gasteiger partial charge is 0.302 e. The highest BCUT2D eigenvalue weighted by atomic mass is 16.5. The second-order valence-electron chi connectivity index (χ2n) is 3.84. The van der Waals surface area contributed by atoms with E-state index in [9.17, 15) is 5.21 Å². The molecule has 2 aromatic heterocycles. The van der Waals surface area contributed by atoms with E-state index in [0.717, 1.165) is 40.7 Å². The number of aromatic amines is 1. The minimum Gasteiger partial charge on any atom is -0.711 e. The molecular weight excluding hydrogens is 190 g/mol. The quantitative estimate of drug-likeness (QED) is 0.614. The Hall–Kier alpha value is -1.58. The van der Waals surface area contributed by atoms with Gasteiger partial charge in [0.25, 0.3) is 0 Å². The molecule has 2 rings (SSSR count). The molecule has 0 amide bonds. The summed E-state index contributed by atoms with van der Waals surface area (Å²) in [6.45, 7) is 4.07. The Morgan fingerprint density at radius 2 is 2.33 bits per heavy atom. The minimum absolute atomic E-state index is 0.614. The van der Waals surface area contributed by atoms with Gasteiger partial charge in [0.05, 0.1) is 6.42 Å². The molecule has 1 N–H and O–H groups in total. The van der Waals surface area contributed by atoms with Crippen molar-refractivity contribution in [2.75, 3.05) is 0 Å². The molecule has 0 aliphatic heterocycles. The highest BCUT2D eigenvalue weighted by Crippen LogP contribution is 2.11. The first kappa shape index (κ1) is 9.96. The van der Waals surface area contributed by atoms with Crippen molar-refractivity contribution in [1.29, 1.82) is 0 Å². The van der Waals surface area contributed by atoms with E-state index < -0.39 is 0 Å². The number of aromatic nitrogens is 3. The van der Waals surface area contributed by atoms with Crippen LogP contribution in [0.4, 0.5) is 0 Å². The highest BCUT2D eigenvalue weighted by Gasteiger charge is 2.12. The van der Waals surface area contributed by atoms with Crippen molar-refractivity contribution in [3.63, 3.8) is 0 Å². The molecule has 0 fully saturated rings. The number of fused-ring (bicyclic) bond motifs is 1. The Morgan fingerprint density at radius 3 is 3.07 bits per heavy atom. The Bertz CT molecular complexity index is 476. The molecule has 0 aliphatic rings. The molecule has 0 aliphatic carbocycles. The third kappa shape index (κ3) is 1.93. The molecule has 0 unspecified atom stereocenters. The van der Waals surface area contributed by atoms with E-state index in [4.69, 9.17) is 0 Å². The van der Waals surface area contributed by atoms with E-state index >= 15 is 0 Å². The normalized spacial score (nSPS) is 11.1. The van der Waals surface area contributed by atoms with Crippen molar-refractivity contribution in [2.24, 2.45) is 0 Å². The minimum atomic E-state index is 0.614. The Morgan fingerprint density at radius 1 is 1.53 bits per heavy atom. The van der Waals surface area contributed by atoms with Gasteiger partial charge in [-0.15, -0.1) is 0 Å². The lowest BCUT2D eigenvalue weighted by molar-refractivity contribution is -0.616. The standard InChI is InChI=1S/C11H15N3O/c1-3-4-5-11-13-9-6-8(2)12-10(9)7-14(11)15/h6-7,12H,3-5H2,1-2H3. The van der Waals surface area contributed by atoms with E-state index in [2.05, 4.69) is 16.9 Å². The van der Waals surface area contributed by atoms with Gasteiger partial charge in [-0.1, -0.05) is 13.3 Å².